The zero-order chi connectivity index (χ0) is 15.0. The summed E-state index contributed by atoms with van der Waals surface area (Å²) in [6.07, 6.45) is -4.73. The van der Waals surface area contributed by atoms with E-state index in [4.69, 9.17) is 9.47 Å². The molecule has 0 saturated heterocycles. The van der Waals surface area contributed by atoms with E-state index in [9.17, 15) is 13.2 Å². The van der Waals surface area contributed by atoms with Crippen LogP contribution in [0.4, 0.5) is 13.2 Å². The van der Waals surface area contributed by atoms with Crippen LogP contribution in [0.1, 0.15) is 6.92 Å². The summed E-state index contributed by atoms with van der Waals surface area (Å²) in [4.78, 5) is 0. The van der Waals surface area contributed by atoms with Crippen LogP contribution in [-0.2, 0) is 4.74 Å². The maximum absolute atomic E-state index is 12.2. The van der Waals surface area contributed by atoms with Gasteiger partial charge in [0.2, 0.25) is 0 Å². The second kappa shape index (κ2) is 7.96. The van der Waals surface area contributed by atoms with Crippen molar-refractivity contribution in [3.63, 3.8) is 0 Å². The molecule has 1 aromatic rings. The van der Waals surface area contributed by atoms with Gasteiger partial charge in [-0.25, -0.2) is 0 Å². The van der Waals surface area contributed by atoms with Crippen LogP contribution in [-0.4, -0.2) is 39.3 Å². The number of hydrogen-bond acceptors (Lipinski definition) is 4. The molecule has 20 heavy (non-hydrogen) atoms. The molecule has 0 saturated carbocycles. The first kappa shape index (κ1) is 16.6. The molecule has 0 radical (unpaired) electrons. The topological polar surface area (TPSA) is 39.7 Å². The van der Waals surface area contributed by atoms with E-state index in [2.05, 4.69) is 10.1 Å². The largest absolute Gasteiger partial charge is 0.573 e. The first-order valence-electron chi connectivity index (χ1n) is 6.12. The third-order valence-electron chi connectivity index (χ3n) is 2.34. The molecule has 0 aromatic heterocycles. The number of methoxy groups -OCH3 is 1. The van der Waals surface area contributed by atoms with Crippen molar-refractivity contribution < 1.29 is 27.4 Å². The quantitative estimate of drug-likeness (QED) is 0.748. The van der Waals surface area contributed by atoms with Gasteiger partial charge in [0.15, 0.2) is 11.5 Å². The van der Waals surface area contributed by atoms with Gasteiger partial charge in [0.05, 0.1) is 6.61 Å². The Balaban J connectivity index is 2.44. The van der Waals surface area contributed by atoms with Crippen molar-refractivity contribution in [1.29, 1.82) is 0 Å². The summed E-state index contributed by atoms with van der Waals surface area (Å²) in [6.45, 7) is 3.20. The highest BCUT2D eigenvalue weighted by atomic mass is 19.4. The highest BCUT2D eigenvalue weighted by Gasteiger charge is 2.32. The van der Waals surface area contributed by atoms with Gasteiger partial charge in [-0.2, -0.15) is 0 Å². The van der Waals surface area contributed by atoms with Crippen molar-refractivity contribution in [2.75, 3.05) is 26.9 Å². The van der Waals surface area contributed by atoms with E-state index < -0.39 is 6.36 Å². The number of benzene rings is 1. The summed E-state index contributed by atoms with van der Waals surface area (Å²) in [5.74, 6) is -0.282. The summed E-state index contributed by atoms with van der Waals surface area (Å²) in [5, 5.41) is 3.11. The summed E-state index contributed by atoms with van der Waals surface area (Å²) in [5.41, 5.74) is 0. The lowest BCUT2D eigenvalue weighted by Crippen LogP contribution is -2.33. The maximum Gasteiger partial charge on any atom is 0.573 e. The fourth-order valence-electron chi connectivity index (χ4n) is 1.55. The van der Waals surface area contributed by atoms with Gasteiger partial charge in [0.25, 0.3) is 0 Å². The van der Waals surface area contributed by atoms with E-state index in [1.165, 1.54) is 18.2 Å². The Kier molecular flexibility index (Phi) is 6.60. The molecule has 0 fully saturated rings. The fraction of sp³-hybridized carbons (Fsp3) is 0.538. The van der Waals surface area contributed by atoms with Gasteiger partial charge in [-0.15, -0.1) is 13.2 Å². The SMILES string of the molecule is COCC(C)NCCOc1ccccc1OC(F)(F)F. The molecule has 1 atom stereocenters. The number of rotatable bonds is 8. The summed E-state index contributed by atoms with van der Waals surface area (Å²) < 4.78 is 50.7. The predicted octanol–water partition coefficient (Wildman–Crippen LogP) is 2.59. The van der Waals surface area contributed by atoms with Gasteiger partial charge in [-0.3, -0.25) is 0 Å². The minimum Gasteiger partial charge on any atom is -0.488 e. The van der Waals surface area contributed by atoms with Crippen molar-refractivity contribution in [3.8, 4) is 11.5 Å². The lowest BCUT2D eigenvalue weighted by Gasteiger charge is -2.15. The van der Waals surface area contributed by atoms with Crippen LogP contribution in [0.3, 0.4) is 0 Å². The Labute approximate surface area is 115 Å². The molecule has 114 valence electrons. The Morgan fingerprint density at radius 1 is 1.20 bits per heavy atom. The van der Waals surface area contributed by atoms with Gasteiger partial charge in [-0.05, 0) is 19.1 Å². The van der Waals surface area contributed by atoms with Crippen molar-refractivity contribution >= 4 is 0 Å². The summed E-state index contributed by atoms with van der Waals surface area (Å²) in [6, 6.07) is 5.82. The van der Waals surface area contributed by atoms with Gasteiger partial charge in [0, 0.05) is 19.7 Å². The lowest BCUT2D eigenvalue weighted by atomic mass is 10.3. The molecule has 1 N–H and O–H groups in total. The average molecular weight is 293 g/mol. The molecule has 0 aliphatic rings. The molecule has 1 unspecified atom stereocenters. The molecular weight excluding hydrogens is 275 g/mol. The second-order valence-electron chi connectivity index (χ2n) is 4.15. The van der Waals surface area contributed by atoms with Gasteiger partial charge < -0.3 is 19.5 Å². The highest BCUT2D eigenvalue weighted by Crippen LogP contribution is 2.31. The first-order chi connectivity index (χ1) is 9.42. The van der Waals surface area contributed by atoms with Gasteiger partial charge in [0.1, 0.15) is 6.61 Å². The van der Waals surface area contributed by atoms with E-state index >= 15 is 0 Å². The van der Waals surface area contributed by atoms with Gasteiger partial charge >= 0.3 is 6.36 Å². The molecule has 7 heteroatoms. The molecule has 0 amide bonds. The Bertz CT molecular complexity index is 399. The maximum atomic E-state index is 12.2. The number of halogens is 3. The number of ether oxygens (including phenoxy) is 3. The molecule has 4 nitrogen and oxygen atoms in total. The number of hydrogen-bond donors (Lipinski definition) is 1. The van der Waals surface area contributed by atoms with E-state index in [1.54, 1.807) is 13.2 Å². The van der Waals surface area contributed by atoms with E-state index in [-0.39, 0.29) is 24.1 Å². The standard InChI is InChI=1S/C13H18F3NO3/c1-10(9-18-2)17-7-8-19-11-5-3-4-6-12(11)20-13(14,15)16/h3-6,10,17H,7-9H2,1-2H3. The Morgan fingerprint density at radius 2 is 1.85 bits per heavy atom. The van der Waals surface area contributed by atoms with Crippen LogP contribution in [0.15, 0.2) is 24.3 Å². The first-order valence-corrected chi connectivity index (χ1v) is 6.12. The van der Waals surface area contributed by atoms with Crippen molar-refractivity contribution in [1.82, 2.24) is 5.32 Å². The zero-order valence-corrected chi connectivity index (χ0v) is 11.4. The van der Waals surface area contributed by atoms with Crippen LogP contribution < -0.4 is 14.8 Å². The Morgan fingerprint density at radius 3 is 2.45 bits per heavy atom. The van der Waals surface area contributed by atoms with Crippen LogP contribution in [0.25, 0.3) is 0 Å². The van der Waals surface area contributed by atoms with Crippen LogP contribution in [0, 0.1) is 0 Å². The minimum absolute atomic E-state index is 0.0611. The molecule has 0 spiro atoms. The lowest BCUT2D eigenvalue weighted by molar-refractivity contribution is -0.275. The second-order valence-corrected chi connectivity index (χ2v) is 4.15. The molecule has 1 aromatic carbocycles. The van der Waals surface area contributed by atoms with Crippen molar-refractivity contribution in [2.45, 2.75) is 19.3 Å². The third kappa shape index (κ3) is 6.63. The third-order valence-corrected chi connectivity index (χ3v) is 2.34. The van der Waals surface area contributed by atoms with E-state index in [0.29, 0.717) is 13.2 Å². The minimum atomic E-state index is -4.73. The average Bonchev–Trinajstić information content (AvgIpc) is 2.35. The number of alkyl halides is 3. The van der Waals surface area contributed by atoms with E-state index in [0.717, 1.165) is 0 Å². The van der Waals surface area contributed by atoms with Crippen molar-refractivity contribution in [3.05, 3.63) is 24.3 Å². The molecule has 1 rings (SSSR count). The normalized spacial score (nSPS) is 13.1. The van der Waals surface area contributed by atoms with Crippen LogP contribution in [0.5, 0.6) is 11.5 Å². The monoisotopic (exact) mass is 293 g/mol. The molecular formula is C13H18F3NO3. The number of para-hydroxylation sites is 2. The van der Waals surface area contributed by atoms with Gasteiger partial charge in [-0.1, -0.05) is 12.1 Å². The van der Waals surface area contributed by atoms with E-state index in [1.807, 2.05) is 6.92 Å². The molecule has 0 aliphatic carbocycles. The highest BCUT2D eigenvalue weighted by molar-refractivity contribution is 5.39. The smallest absolute Gasteiger partial charge is 0.488 e. The Hall–Kier alpha value is -1.47. The fourth-order valence-corrected chi connectivity index (χ4v) is 1.55. The van der Waals surface area contributed by atoms with Crippen LogP contribution >= 0.6 is 0 Å². The summed E-state index contributed by atoms with van der Waals surface area (Å²) >= 11 is 0. The number of nitrogens with one attached hydrogen (secondary N) is 1. The van der Waals surface area contributed by atoms with Crippen LogP contribution in [0.2, 0.25) is 0 Å². The summed E-state index contributed by atoms with van der Waals surface area (Å²) in [7, 11) is 1.60. The molecule has 0 bridgehead atoms. The molecule has 0 heterocycles. The predicted molar refractivity (Wildman–Crippen MR) is 68.0 cm³/mol. The zero-order valence-electron chi connectivity index (χ0n) is 11.4. The van der Waals surface area contributed by atoms with Crippen molar-refractivity contribution in [2.24, 2.45) is 0 Å². The molecule has 0 aliphatic heterocycles.